The van der Waals surface area contributed by atoms with Gasteiger partial charge in [0.25, 0.3) is 5.91 Å². The zero-order chi connectivity index (χ0) is 18.0. The topological polar surface area (TPSA) is 45.2 Å². The average Bonchev–Trinajstić information content (AvgIpc) is 2.58. The fourth-order valence-electron chi connectivity index (χ4n) is 3.55. The Morgan fingerprint density at radius 3 is 2.36 bits per heavy atom. The Kier molecular flexibility index (Phi) is 5.07. The van der Waals surface area contributed by atoms with E-state index in [-0.39, 0.29) is 5.91 Å². The summed E-state index contributed by atoms with van der Waals surface area (Å²) in [5, 5.41) is 3.06. The largest absolute Gasteiger partial charge is 0.370 e. The molecule has 4 nitrogen and oxygen atoms in total. The van der Waals surface area contributed by atoms with Gasteiger partial charge in [-0.2, -0.15) is 0 Å². The first-order valence-electron chi connectivity index (χ1n) is 9.03. The van der Waals surface area contributed by atoms with Crippen molar-refractivity contribution in [1.29, 1.82) is 0 Å². The fourth-order valence-corrected chi connectivity index (χ4v) is 3.55. The number of hydrogen-bond acceptors (Lipinski definition) is 3. The van der Waals surface area contributed by atoms with Crippen LogP contribution in [0.4, 0.5) is 11.4 Å². The van der Waals surface area contributed by atoms with Gasteiger partial charge in [0, 0.05) is 25.0 Å². The lowest BCUT2D eigenvalue weighted by Crippen LogP contribution is -2.33. The van der Waals surface area contributed by atoms with Gasteiger partial charge in [-0.25, -0.2) is 0 Å². The Hall–Kier alpha value is -2.36. The minimum absolute atomic E-state index is 0.102. The van der Waals surface area contributed by atoms with Crippen LogP contribution in [0.2, 0.25) is 0 Å². The third-order valence-corrected chi connectivity index (χ3v) is 5.05. The van der Waals surface area contributed by atoms with E-state index in [1.807, 2.05) is 26.1 Å². The van der Waals surface area contributed by atoms with Crippen LogP contribution in [-0.2, 0) is 0 Å². The van der Waals surface area contributed by atoms with E-state index in [0.717, 1.165) is 41.5 Å². The summed E-state index contributed by atoms with van der Waals surface area (Å²) in [6, 6.07) is 6.13. The minimum atomic E-state index is -0.102. The van der Waals surface area contributed by atoms with Crippen molar-refractivity contribution in [3.8, 4) is 0 Å². The number of pyridine rings is 1. The highest BCUT2D eigenvalue weighted by Gasteiger charge is 2.18. The number of carbonyl (C=O) groups is 1. The van der Waals surface area contributed by atoms with Gasteiger partial charge in [0.2, 0.25) is 0 Å². The summed E-state index contributed by atoms with van der Waals surface area (Å²) < 4.78 is 0. The summed E-state index contributed by atoms with van der Waals surface area (Å²) >= 11 is 0. The molecule has 1 saturated heterocycles. The molecule has 1 N–H and O–H groups in total. The SMILES string of the molecule is Cc1cc(C)c(NC(=O)c2cncc(N3CCC(C)CC3)c2)c(C)c1. The number of aryl methyl sites for hydroxylation is 3. The number of amides is 1. The number of hydrogen-bond donors (Lipinski definition) is 1. The molecule has 2 heterocycles. The molecule has 1 fully saturated rings. The second-order valence-electron chi connectivity index (χ2n) is 7.33. The zero-order valence-corrected chi connectivity index (χ0v) is 15.6. The summed E-state index contributed by atoms with van der Waals surface area (Å²) in [7, 11) is 0. The highest BCUT2D eigenvalue weighted by molar-refractivity contribution is 6.05. The fraction of sp³-hybridized carbons (Fsp3) is 0.429. The lowest BCUT2D eigenvalue weighted by molar-refractivity contribution is 0.102. The van der Waals surface area contributed by atoms with Crippen LogP contribution in [-0.4, -0.2) is 24.0 Å². The molecule has 0 saturated carbocycles. The summed E-state index contributed by atoms with van der Waals surface area (Å²) in [6.07, 6.45) is 5.88. The molecule has 1 aliphatic heterocycles. The normalized spacial score (nSPS) is 15.3. The molecule has 3 rings (SSSR count). The maximum absolute atomic E-state index is 12.7. The van der Waals surface area contributed by atoms with Gasteiger partial charge in [0.15, 0.2) is 0 Å². The molecule has 1 aromatic carbocycles. The number of anilines is 2. The smallest absolute Gasteiger partial charge is 0.257 e. The van der Waals surface area contributed by atoms with Crippen molar-refractivity contribution in [1.82, 2.24) is 4.98 Å². The number of aromatic nitrogens is 1. The van der Waals surface area contributed by atoms with Crippen molar-refractivity contribution < 1.29 is 4.79 Å². The van der Waals surface area contributed by atoms with Crippen LogP contribution in [0.25, 0.3) is 0 Å². The summed E-state index contributed by atoms with van der Waals surface area (Å²) in [5.41, 5.74) is 5.91. The minimum Gasteiger partial charge on any atom is -0.370 e. The van der Waals surface area contributed by atoms with E-state index in [1.165, 1.54) is 18.4 Å². The molecule has 132 valence electrons. The number of rotatable bonds is 3. The first kappa shape index (κ1) is 17.5. The predicted molar refractivity (Wildman–Crippen MR) is 103 cm³/mol. The Labute approximate surface area is 150 Å². The standard InChI is InChI=1S/C21H27N3O/c1-14-5-7-24(8-6-14)19-11-18(12-22-13-19)21(25)23-20-16(3)9-15(2)10-17(20)4/h9-14H,5-8H2,1-4H3,(H,23,25). The van der Waals surface area contributed by atoms with Gasteiger partial charge in [-0.05, 0) is 56.7 Å². The molecule has 0 aliphatic carbocycles. The van der Waals surface area contributed by atoms with E-state index in [0.29, 0.717) is 5.56 Å². The Morgan fingerprint density at radius 2 is 1.72 bits per heavy atom. The van der Waals surface area contributed by atoms with E-state index < -0.39 is 0 Å². The van der Waals surface area contributed by atoms with Gasteiger partial charge >= 0.3 is 0 Å². The van der Waals surface area contributed by atoms with E-state index in [2.05, 4.69) is 41.2 Å². The summed E-state index contributed by atoms with van der Waals surface area (Å²) in [6.45, 7) is 10.5. The Bertz CT molecular complexity index is 753. The lowest BCUT2D eigenvalue weighted by Gasteiger charge is -2.32. The Balaban J connectivity index is 1.78. The second-order valence-corrected chi connectivity index (χ2v) is 7.33. The molecule has 0 bridgehead atoms. The first-order valence-corrected chi connectivity index (χ1v) is 9.03. The molecule has 2 aromatic rings. The molecule has 1 aromatic heterocycles. The lowest BCUT2D eigenvalue weighted by atomic mass is 9.99. The number of nitrogens with zero attached hydrogens (tertiary/aromatic N) is 2. The van der Waals surface area contributed by atoms with Gasteiger partial charge in [0.1, 0.15) is 0 Å². The molecule has 25 heavy (non-hydrogen) atoms. The maximum Gasteiger partial charge on any atom is 0.257 e. The molecular weight excluding hydrogens is 310 g/mol. The van der Waals surface area contributed by atoms with Crippen LogP contribution in [0.1, 0.15) is 46.8 Å². The molecule has 0 spiro atoms. The highest BCUT2D eigenvalue weighted by Crippen LogP contribution is 2.25. The summed E-state index contributed by atoms with van der Waals surface area (Å²) in [4.78, 5) is 19.3. The molecule has 0 radical (unpaired) electrons. The molecule has 0 atom stereocenters. The van der Waals surface area contributed by atoms with Crippen molar-refractivity contribution in [2.24, 2.45) is 5.92 Å². The monoisotopic (exact) mass is 337 g/mol. The van der Waals surface area contributed by atoms with Crippen molar-refractivity contribution in [2.45, 2.75) is 40.5 Å². The van der Waals surface area contributed by atoms with Crippen molar-refractivity contribution in [3.63, 3.8) is 0 Å². The molecule has 4 heteroatoms. The van der Waals surface area contributed by atoms with Crippen molar-refractivity contribution in [2.75, 3.05) is 23.3 Å². The van der Waals surface area contributed by atoms with Gasteiger partial charge < -0.3 is 10.2 Å². The van der Waals surface area contributed by atoms with Crippen LogP contribution in [0.3, 0.4) is 0 Å². The second kappa shape index (κ2) is 7.26. The van der Waals surface area contributed by atoms with Gasteiger partial charge in [0.05, 0.1) is 17.4 Å². The van der Waals surface area contributed by atoms with Gasteiger partial charge in [-0.1, -0.05) is 24.6 Å². The third kappa shape index (κ3) is 4.01. The van der Waals surface area contributed by atoms with E-state index in [9.17, 15) is 4.79 Å². The van der Waals surface area contributed by atoms with Crippen LogP contribution >= 0.6 is 0 Å². The quantitative estimate of drug-likeness (QED) is 0.897. The van der Waals surface area contributed by atoms with E-state index >= 15 is 0 Å². The van der Waals surface area contributed by atoms with Gasteiger partial charge in [-0.3, -0.25) is 9.78 Å². The predicted octanol–water partition coefficient (Wildman–Crippen LogP) is 4.50. The zero-order valence-electron chi connectivity index (χ0n) is 15.6. The number of benzene rings is 1. The Morgan fingerprint density at radius 1 is 1.08 bits per heavy atom. The van der Waals surface area contributed by atoms with E-state index in [1.54, 1.807) is 6.20 Å². The van der Waals surface area contributed by atoms with Crippen LogP contribution in [0.5, 0.6) is 0 Å². The van der Waals surface area contributed by atoms with Crippen LogP contribution < -0.4 is 10.2 Å². The van der Waals surface area contributed by atoms with Gasteiger partial charge in [-0.15, -0.1) is 0 Å². The molecule has 0 unspecified atom stereocenters. The molecule has 1 amide bonds. The average molecular weight is 337 g/mol. The van der Waals surface area contributed by atoms with Crippen LogP contribution in [0, 0.1) is 26.7 Å². The molecular formula is C21H27N3O. The highest BCUT2D eigenvalue weighted by atomic mass is 16.1. The summed E-state index contributed by atoms with van der Waals surface area (Å²) in [5.74, 6) is 0.679. The first-order chi connectivity index (χ1) is 11.9. The molecule has 1 aliphatic rings. The number of nitrogens with one attached hydrogen (secondary N) is 1. The van der Waals surface area contributed by atoms with Crippen LogP contribution in [0.15, 0.2) is 30.6 Å². The maximum atomic E-state index is 12.7. The number of piperidine rings is 1. The van der Waals surface area contributed by atoms with Crippen molar-refractivity contribution >= 4 is 17.3 Å². The van der Waals surface area contributed by atoms with Crippen molar-refractivity contribution in [3.05, 3.63) is 52.8 Å². The number of carbonyl (C=O) groups excluding carboxylic acids is 1. The third-order valence-electron chi connectivity index (χ3n) is 5.05. The van der Waals surface area contributed by atoms with E-state index in [4.69, 9.17) is 0 Å².